The monoisotopic (exact) mass is 2090 g/mol. The number of fused-ring (bicyclic) bond motifs is 2. The molecule has 2 aliphatic heterocycles. The second kappa shape index (κ2) is 57.2. The molecule has 148 heavy (non-hydrogen) atoms. The average Bonchev–Trinajstić information content (AvgIpc) is 1.60. The van der Waals surface area contributed by atoms with Crippen molar-refractivity contribution in [2.45, 2.75) is 269 Å². The molecule has 41 nitrogen and oxygen atoms in total. The molecule has 0 spiro atoms. The van der Waals surface area contributed by atoms with Crippen LogP contribution in [0.5, 0.6) is 11.5 Å². The number of hydrogen-bond acceptors (Lipinski definition) is 35. The molecule has 0 radical (unpaired) electrons. The van der Waals surface area contributed by atoms with Gasteiger partial charge in [-0.2, -0.15) is 0 Å². The Morgan fingerprint density at radius 3 is 1.27 bits per heavy atom. The fraction of sp³-hybridized carbons (Fsp3) is 0.562. The van der Waals surface area contributed by atoms with Gasteiger partial charge < -0.3 is 106 Å². The summed E-state index contributed by atoms with van der Waals surface area (Å²) in [5.74, 6) is 9.56. The van der Waals surface area contributed by atoms with Crippen LogP contribution in [0, 0.1) is 60.2 Å². The Morgan fingerprint density at radius 2 is 0.905 bits per heavy atom. The van der Waals surface area contributed by atoms with Crippen molar-refractivity contribution in [2.24, 2.45) is 28.4 Å². The number of nitrogens with zero attached hydrogens (tertiary/aromatic N) is 14. The number of rotatable bonds is 51. The van der Waals surface area contributed by atoms with E-state index in [9.17, 15) is 58.8 Å². The summed E-state index contributed by atoms with van der Waals surface area (Å²) in [4.78, 5) is 135. The molecule has 0 unspecified atom stereocenters. The highest BCUT2D eigenvalue weighted by Gasteiger charge is 2.47. The molecule has 2 aromatic carbocycles. The molecular weight excluding hydrogens is 1940 g/mol. The van der Waals surface area contributed by atoms with E-state index < -0.39 is 64.1 Å². The number of aryl methyl sites for hydroxylation is 4. The predicted molar refractivity (Wildman–Crippen MR) is 560 cm³/mol. The Bertz CT molecular complexity index is 6140. The summed E-state index contributed by atoms with van der Waals surface area (Å²) in [6, 6.07) is 14.1. The number of anilines is 2. The zero-order valence-corrected chi connectivity index (χ0v) is 88.1. The molecule has 10 aromatic rings. The van der Waals surface area contributed by atoms with Crippen LogP contribution >= 0.6 is 22.7 Å². The quantitative estimate of drug-likeness (QED) is 0.0125. The molecule has 14 N–H and O–H groups in total. The first-order valence-corrected chi connectivity index (χ1v) is 51.6. The van der Waals surface area contributed by atoms with Gasteiger partial charge in [0.1, 0.15) is 70.0 Å². The molecule has 6 atom stereocenters. The summed E-state index contributed by atoms with van der Waals surface area (Å²) in [6.07, 6.45) is 10.8. The minimum Gasteiger partial charge on any atom is -0.490 e. The van der Waals surface area contributed by atoms with Gasteiger partial charge in [-0.3, -0.25) is 38.4 Å². The number of carboxylic acid groups (broad SMARTS) is 1. The second-order valence-electron chi connectivity index (χ2n) is 39.4. The molecule has 43 heteroatoms. The van der Waals surface area contributed by atoms with E-state index in [1.165, 1.54) is 9.80 Å². The number of ketones is 2. The number of likely N-dealkylation sites (tertiary alicyclic amines) is 2. The van der Waals surface area contributed by atoms with Crippen molar-refractivity contribution in [3.63, 3.8) is 0 Å². The number of nitrogen functional groups attached to an aromatic ring is 2. The molecule has 8 aromatic heterocycles. The Balaban J connectivity index is 0.000000272. The van der Waals surface area contributed by atoms with E-state index in [1.54, 1.807) is 62.8 Å². The molecule has 12 rings (SSSR count). The number of carbonyl (C=O) groups is 8. The van der Waals surface area contributed by atoms with Crippen LogP contribution in [0.25, 0.3) is 66.0 Å². The number of ether oxygens (including phenoxy) is 6. The van der Waals surface area contributed by atoms with Gasteiger partial charge in [0, 0.05) is 103 Å². The number of β-amino-alcohol motifs (C(OH)–C–C–N with tert-alkyl or cyclic N) is 2. The number of hydrogen-bond donors (Lipinski definition) is 11. The van der Waals surface area contributed by atoms with Crippen LogP contribution in [0.1, 0.15) is 227 Å². The second-order valence-corrected chi connectivity index (χ2v) is 41.1. The van der Waals surface area contributed by atoms with Crippen molar-refractivity contribution >= 4 is 103 Å². The normalized spacial score (nSPS) is 15.0. The first kappa shape index (κ1) is 119. The van der Waals surface area contributed by atoms with Gasteiger partial charge >= 0.3 is 5.97 Å². The van der Waals surface area contributed by atoms with Crippen LogP contribution < -0.4 is 42.6 Å². The maximum atomic E-state index is 14.0. The summed E-state index contributed by atoms with van der Waals surface area (Å²) in [6.45, 7) is 30.2. The third kappa shape index (κ3) is 35.5. The lowest BCUT2D eigenvalue weighted by Crippen LogP contribution is -2.50. The van der Waals surface area contributed by atoms with E-state index in [1.807, 2.05) is 138 Å². The van der Waals surface area contributed by atoms with Crippen LogP contribution in [0.15, 0.2) is 81.2 Å². The van der Waals surface area contributed by atoms with Crippen LogP contribution in [-0.4, -0.2) is 270 Å². The molecule has 804 valence electrons. The van der Waals surface area contributed by atoms with Crippen LogP contribution in [-0.2, 0) is 83.5 Å². The third-order valence-electron chi connectivity index (χ3n) is 24.4. The van der Waals surface area contributed by atoms with Crippen LogP contribution in [0.2, 0.25) is 0 Å². The van der Waals surface area contributed by atoms with E-state index in [2.05, 4.69) is 85.2 Å². The first-order chi connectivity index (χ1) is 70.1. The van der Waals surface area contributed by atoms with Gasteiger partial charge in [0.2, 0.25) is 29.5 Å². The Hall–Kier alpha value is -12.7. The van der Waals surface area contributed by atoms with Gasteiger partial charge in [-0.1, -0.05) is 148 Å². The van der Waals surface area contributed by atoms with Gasteiger partial charge in [0.15, 0.2) is 57.7 Å². The molecule has 0 bridgehead atoms. The highest BCUT2D eigenvalue weighted by molar-refractivity contribution is 7.13. The molecule has 2 aliphatic rings. The Labute approximate surface area is 871 Å². The number of nitrogens with one attached hydrogen (secondary N) is 3. The minimum atomic E-state index is -1.23. The zero-order chi connectivity index (χ0) is 107. The number of imidazole rings is 2. The van der Waals surface area contributed by atoms with E-state index in [-0.39, 0.29) is 152 Å². The number of unbranched alkanes of at least 4 members (excludes halogenated alkanes) is 8. The molecule has 0 saturated carbocycles. The first-order valence-electron chi connectivity index (χ1n) is 49.8. The summed E-state index contributed by atoms with van der Waals surface area (Å²) in [5, 5.41) is 73.8. The highest BCUT2D eigenvalue weighted by Crippen LogP contribution is 2.40. The topological polar surface area (TPSA) is 579 Å². The van der Waals surface area contributed by atoms with Crippen LogP contribution in [0.4, 0.5) is 11.6 Å². The van der Waals surface area contributed by atoms with Gasteiger partial charge in [0.05, 0.1) is 110 Å². The van der Waals surface area contributed by atoms with Crippen molar-refractivity contribution in [2.75, 3.05) is 104 Å². The van der Waals surface area contributed by atoms with Crippen molar-refractivity contribution in [3.05, 3.63) is 106 Å². The number of carboxylic acids is 1. The molecule has 10 heterocycles. The smallest absolute Gasteiger partial charge is 0.303 e. The number of aliphatic hydroxyl groups excluding tert-OH is 2. The van der Waals surface area contributed by atoms with E-state index in [4.69, 9.17) is 65.0 Å². The number of aliphatic hydroxyl groups is 4. The molecular formula is C105H146N20O21S2. The third-order valence-corrected chi connectivity index (χ3v) is 26.3. The number of carbonyl (C=O) groups excluding carboxylic acids is 7. The summed E-state index contributed by atoms with van der Waals surface area (Å²) in [5.41, 5.74) is 26.9. The SMILES string of the molecule is C.CCn1c(-c2nonc2N)nc2c(C#CC(C)(C)O)ncc(OCCCCCCCC(=O)NCCOCCOCC(=O)C[C@H](C(=O)N3C[C@H](O)C[C@H]3C(=O)NCc3ccc(-c4scnc4C)cc3)C(C)(C)C)c21.CCn1c(-c2nonc2N)nc2c(C#CC(C)(C)O)ncc(OCCCCCCCC(=O)O)c21.Cc1ncsc1-c1ccc(CNC(=O)[C@@H]2C[C@@H](O)CN2C(=O)[C@@H](CC(=O)COCCOCCN)C(C)(C)C)cc1. The lowest BCUT2D eigenvalue weighted by atomic mass is 9.77. The fourth-order valence-electron chi connectivity index (χ4n) is 16.6. The van der Waals surface area contributed by atoms with Gasteiger partial charge in [-0.05, 0) is 147 Å². The number of amides is 5. The van der Waals surface area contributed by atoms with Gasteiger partial charge in [-0.15, -0.1) is 22.7 Å². The number of aliphatic carboxylic acids is 1. The van der Waals surface area contributed by atoms with Crippen molar-refractivity contribution in [1.82, 2.24) is 85.4 Å². The van der Waals surface area contributed by atoms with Gasteiger partial charge in [0.25, 0.3) is 0 Å². The molecule has 2 fully saturated rings. The highest BCUT2D eigenvalue weighted by atomic mass is 32.1. The Kier molecular flexibility index (Phi) is 45.9. The zero-order valence-electron chi connectivity index (χ0n) is 86.5. The number of Topliss-reactive ketones (excluding diaryl/α,β-unsaturated/α-hetero) is 2. The van der Waals surface area contributed by atoms with E-state index in [0.29, 0.717) is 140 Å². The summed E-state index contributed by atoms with van der Waals surface area (Å²) in [7, 11) is 0. The lowest BCUT2D eigenvalue weighted by Gasteiger charge is -2.34. The number of pyridine rings is 2. The minimum absolute atomic E-state index is 0. The van der Waals surface area contributed by atoms with Crippen LogP contribution in [0.3, 0.4) is 0 Å². The van der Waals surface area contributed by atoms with Gasteiger partial charge in [-0.25, -0.2) is 39.2 Å². The molecule has 0 aliphatic carbocycles. The standard InChI is InChI=1S/C52H70N10O10S.C29H42N4O6S.C23H30N6O5.CH4/c1-8-61-45-41(29-55-39(19-20-52(6,7)68)43(45)58-48(61)44-47(53)60-72-59-44)71-22-13-11-9-10-12-14-42(65)54-21-23-69-24-25-70-31-37(64)26-38(51(3,4)5)50(67)62-30-36(63)27-40(62)49(66)56-28-34-15-17-35(18-16-34)46-33(2)57-32-73-46;1-19-26(40-18-32-19)21-7-5-20(6-8-21)15-31-27(36)25-14-22(34)16-33(25)28(37)24(29(2,3)4)13-23(35)17-39-12-11-38-10-9-30;1-4-29-20-16(33-13-9-7-5-6-8-10-17(30)31)14-25-15(11-12-23(2,3)32)18(20)26-22(29)19-21(24)28-34-27-19;/h15-18,29,32,36,38,40,63,68H,8-14,21-28,30-31H2,1-7H3,(H2,53,60)(H,54,65)(H,56,66);5-8,18,22,24-25,34H,9-17,30H2,1-4H3,(H,31,36);14,32H,4-10,13H2,1-3H3,(H2,24,28)(H,30,31);1H4/t36-,38-,40+;22-,24-,25+;;/m11../s1. The predicted octanol–water partition coefficient (Wildman–Crippen LogP) is 11.4. The summed E-state index contributed by atoms with van der Waals surface area (Å²) < 4.78 is 47.5. The number of thiazole rings is 2. The fourth-order valence-corrected chi connectivity index (χ4v) is 18.2. The average molecular weight is 2090 g/mol. The molecule has 2 saturated heterocycles. The lowest BCUT2D eigenvalue weighted by molar-refractivity contribution is -0.147. The Morgan fingerprint density at radius 1 is 0.514 bits per heavy atom. The van der Waals surface area contributed by atoms with Crippen molar-refractivity contribution < 1.29 is 102 Å². The van der Waals surface area contributed by atoms with E-state index in [0.717, 1.165) is 101 Å². The van der Waals surface area contributed by atoms with E-state index >= 15 is 0 Å². The number of benzene rings is 2. The van der Waals surface area contributed by atoms with Crippen molar-refractivity contribution in [3.8, 4) is 79.1 Å². The number of aromatic nitrogens is 12. The molecule has 5 amide bonds. The van der Waals surface area contributed by atoms with Crippen molar-refractivity contribution in [1.29, 1.82) is 0 Å². The number of nitrogens with two attached hydrogens (primary N) is 3. The largest absolute Gasteiger partial charge is 0.490 e. The maximum Gasteiger partial charge on any atom is 0.303 e. The maximum absolute atomic E-state index is 14.0. The summed E-state index contributed by atoms with van der Waals surface area (Å²) >= 11 is 3.15.